The normalized spacial score (nSPS) is 17.8. The maximum atomic E-state index is 13.0. The summed E-state index contributed by atoms with van der Waals surface area (Å²) in [5, 5.41) is 2.95. The van der Waals surface area contributed by atoms with Gasteiger partial charge in [0, 0.05) is 44.8 Å². The number of nitrogens with one attached hydrogen (secondary N) is 1. The third kappa shape index (κ3) is 5.06. The van der Waals surface area contributed by atoms with Crippen LogP contribution in [0.1, 0.15) is 54.2 Å². The lowest BCUT2D eigenvalue weighted by atomic mass is 9.92. The van der Waals surface area contributed by atoms with Crippen LogP contribution >= 0.6 is 0 Å². The van der Waals surface area contributed by atoms with Crippen molar-refractivity contribution in [3.05, 3.63) is 65.5 Å². The first-order valence-corrected chi connectivity index (χ1v) is 11.9. The van der Waals surface area contributed by atoms with Crippen LogP contribution in [-0.4, -0.2) is 54.1 Å². The predicted molar refractivity (Wildman–Crippen MR) is 117 cm³/mol. The number of hydrogen-bond donors (Lipinski definition) is 1. The number of benzene rings is 1. The van der Waals surface area contributed by atoms with Crippen molar-refractivity contribution < 1.29 is 13.2 Å². The smallest absolute Gasteiger partial charge is 0.281 e. The molecular formula is C22H30N4O3S. The first-order valence-electron chi connectivity index (χ1n) is 10.5. The molecule has 1 aliphatic heterocycles. The number of carbonyl (C=O) groups excluding carboxylic acids is 1. The van der Waals surface area contributed by atoms with Crippen molar-refractivity contribution in [1.29, 1.82) is 0 Å². The van der Waals surface area contributed by atoms with Crippen LogP contribution in [0.2, 0.25) is 0 Å². The lowest BCUT2D eigenvalue weighted by Crippen LogP contribution is -2.47. The summed E-state index contributed by atoms with van der Waals surface area (Å²) in [4.78, 5) is 17.4. The number of piperidine rings is 1. The van der Waals surface area contributed by atoms with Crippen LogP contribution in [0, 0.1) is 0 Å². The average Bonchev–Trinajstić information content (AvgIpc) is 2.79. The highest BCUT2D eigenvalue weighted by Crippen LogP contribution is 2.30. The Bertz CT molecular complexity index is 946. The zero-order chi connectivity index (χ0) is 21.6. The third-order valence-corrected chi connectivity index (χ3v) is 7.66. The van der Waals surface area contributed by atoms with Gasteiger partial charge in [-0.05, 0) is 30.5 Å². The second-order valence-electron chi connectivity index (χ2n) is 7.39. The van der Waals surface area contributed by atoms with Gasteiger partial charge in [-0.3, -0.25) is 9.78 Å². The lowest BCUT2D eigenvalue weighted by Gasteiger charge is -2.35. The Morgan fingerprint density at radius 2 is 1.90 bits per heavy atom. The Hall–Kier alpha value is -2.29. The van der Waals surface area contributed by atoms with E-state index in [2.05, 4.69) is 10.3 Å². The molecule has 0 aliphatic carbocycles. The topological polar surface area (TPSA) is 82.6 Å². The summed E-state index contributed by atoms with van der Waals surface area (Å²) in [5.74, 6) is -0.298. The van der Waals surface area contributed by atoms with Gasteiger partial charge in [0.25, 0.3) is 16.1 Å². The fourth-order valence-corrected chi connectivity index (χ4v) is 5.60. The third-order valence-electron chi connectivity index (χ3n) is 5.51. The van der Waals surface area contributed by atoms with E-state index in [4.69, 9.17) is 0 Å². The van der Waals surface area contributed by atoms with Crippen LogP contribution < -0.4 is 5.32 Å². The number of nitrogens with zero attached hydrogens (tertiary/aromatic N) is 3. The zero-order valence-electron chi connectivity index (χ0n) is 17.6. The van der Waals surface area contributed by atoms with Gasteiger partial charge in [0.15, 0.2) is 0 Å². The standard InChI is InChI=1S/C22H30N4O3S/c1-3-25(4-2)30(28,29)26-15-9-12-19(17-26)21-20(13-8-14-23-21)22(27)24-16-18-10-6-5-7-11-18/h5-8,10-11,13-14,19H,3-4,9,12,15-17H2,1-2H3,(H,24,27)/t19-/m1/s1. The molecule has 0 saturated carbocycles. The molecule has 0 radical (unpaired) electrons. The summed E-state index contributed by atoms with van der Waals surface area (Å²) in [5.41, 5.74) is 2.20. The Labute approximate surface area is 179 Å². The Morgan fingerprint density at radius 3 is 2.60 bits per heavy atom. The molecule has 2 heterocycles. The molecule has 162 valence electrons. The van der Waals surface area contributed by atoms with Crippen molar-refractivity contribution in [2.45, 2.75) is 39.2 Å². The molecule has 1 aromatic carbocycles. The summed E-state index contributed by atoms with van der Waals surface area (Å²) >= 11 is 0. The summed E-state index contributed by atoms with van der Waals surface area (Å²) in [6, 6.07) is 13.2. The van der Waals surface area contributed by atoms with E-state index in [1.54, 1.807) is 18.3 Å². The highest BCUT2D eigenvalue weighted by Gasteiger charge is 2.34. The van der Waals surface area contributed by atoms with E-state index < -0.39 is 10.2 Å². The van der Waals surface area contributed by atoms with Crippen molar-refractivity contribution in [3.63, 3.8) is 0 Å². The van der Waals surface area contributed by atoms with Crippen molar-refractivity contribution in [1.82, 2.24) is 18.9 Å². The second-order valence-corrected chi connectivity index (χ2v) is 9.32. The molecule has 1 saturated heterocycles. The first kappa shape index (κ1) is 22.4. The molecule has 0 unspecified atom stereocenters. The minimum absolute atomic E-state index is 0.109. The maximum Gasteiger partial charge on any atom is 0.281 e. The molecule has 30 heavy (non-hydrogen) atoms. The van der Waals surface area contributed by atoms with Gasteiger partial charge < -0.3 is 5.32 Å². The summed E-state index contributed by atoms with van der Waals surface area (Å²) in [6.07, 6.45) is 3.22. The summed E-state index contributed by atoms with van der Waals surface area (Å²) < 4.78 is 28.9. The quantitative estimate of drug-likeness (QED) is 0.698. The van der Waals surface area contributed by atoms with Gasteiger partial charge in [-0.1, -0.05) is 44.2 Å². The molecule has 1 atom stereocenters. The largest absolute Gasteiger partial charge is 0.348 e. The van der Waals surface area contributed by atoms with Gasteiger partial charge >= 0.3 is 0 Å². The van der Waals surface area contributed by atoms with Gasteiger partial charge in [-0.2, -0.15) is 17.0 Å². The van der Waals surface area contributed by atoms with Gasteiger partial charge in [-0.25, -0.2) is 0 Å². The number of rotatable bonds is 8. The molecule has 0 spiro atoms. The number of amides is 1. The molecule has 2 aromatic rings. The first-order chi connectivity index (χ1) is 14.5. The minimum Gasteiger partial charge on any atom is -0.348 e. The molecule has 1 N–H and O–H groups in total. The van der Waals surface area contributed by atoms with E-state index in [1.165, 1.54) is 8.61 Å². The van der Waals surface area contributed by atoms with Crippen molar-refractivity contribution >= 4 is 16.1 Å². The van der Waals surface area contributed by atoms with Crippen molar-refractivity contribution in [2.24, 2.45) is 0 Å². The molecule has 3 rings (SSSR count). The molecular weight excluding hydrogens is 400 g/mol. The Kier molecular flexibility index (Phi) is 7.58. The number of pyridine rings is 1. The summed E-state index contributed by atoms with van der Waals surface area (Å²) in [6.45, 7) is 5.84. The van der Waals surface area contributed by atoms with Crippen LogP contribution in [0.25, 0.3) is 0 Å². The number of hydrogen-bond acceptors (Lipinski definition) is 4. The number of aromatic nitrogens is 1. The van der Waals surface area contributed by atoms with Crippen LogP contribution in [0.15, 0.2) is 48.7 Å². The molecule has 7 nitrogen and oxygen atoms in total. The van der Waals surface area contributed by atoms with E-state index in [1.807, 2.05) is 44.2 Å². The minimum atomic E-state index is -3.51. The predicted octanol–water partition coefficient (Wildman–Crippen LogP) is 2.78. The van der Waals surface area contributed by atoms with Gasteiger partial charge in [-0.15, -0.1) is 0 Å². The zero-order valence-corrected chi connectivity index (χ0v) is 18.4. The van der Waals surface area contributed by atoms with Crippen molar-refractivity contribution in [2.75, 3.05) is 26.2 Å². The highest BCUT2D eigenvalue weighted by molar-refractivity contribution is 7.86. The summed E-state index contributed by atoms with van der Waals surface area (Å²) in [7, 11) is -3.51. The van der Waals surface area contributed by atoms with Crippen LogP contribution in [0.3, 0.4) is 0 Å². The molecule has 1 fully saturated rings. The van der Waals surface area contributed by atoms with E-state index in [0.717, 1.165) is 18.4 Å². The van der Waals surface area contributed by atoms with Gasteiger partial charge in [0.05, 0.1) is 11.3 Å². The average molecular weight is 431 g/mol. The van der Waals surface area contributed by atoms with Crippen LogP contribution in [0.5, 0.6) is 0 Å². The highest BCUT2D eigenvalue weighted by atomic mass is 32.2. The molecule has 1 aromatic heterocycles. The molecule has 1 amide bonds. The monoisotopic (exact) mass is 430 g/mol. The molecule has 1 aliphatic rings. The van der Waals surface area contributed by atoms with Gasteiger partial charge in [0.1, 0.15) is 0 Å². The van der Waals surface area contributed by atoms with Crippen molar-refractivity contribution in [3.8, 4) is 0 Å². The van der Waals surface area contributed by atoms with E-state index >= 15 is 0 Å². The second kappa shape index (κ2) is 10.1. The van der Waals surface area contributed by atoms with E-state index in [9.17, 15) is 13.2 Å². The van der Waals surface area contributed by atoms with E-state index in [0.29, 0.717) is 44.0 Å². The molecule has 0 bridgehead atoms. The lowest BCUT2D eigenvalue weighted by molar-refractivity contribution is 0.0948. The fraction of sp³-hybridized carbons (Fsp3) is 0.455. The number of carbonyl (C=O) groups is 1. The Morgan fingerprint density at radius 1 is 1.17 bits per heavy atom. The fourth-order valence-electron chi connectivity index (χ4n) is 3.90. The van der Waals surface area contributed by atoms with E-state index in [-0.39, 0.29) is 11.8 Å². The van der Waals surface area contributed by atoms with Gasteiger partial charge in [0.2, 0.25) is 0 Å². The Balaban J connectivity index is 1.77. The molecule has 8 heteroatoms. The SMILES string of the molecule is CCN(CC)S(=O)(=O)N1CCC[C@@H](c2ncccc2C(=O)NCc2ccccc2)C1. The van der Waals surface area contributed by atoms with Crippen LogP contribution in [0.4, 0.5) is 0 Å². The maximum absolute atomic E-state index is 13.0. The van der Waals surface area contributed by atoms with Crippen LogP contribution in [-0.2, 0) is 16.8 Å².